The van der Waals surface area contributed by atoms with Gasteiger partial charge >= 0.3 is 0 Å². The molecule has 1 atom stereocenters. The molecule has 84 valence electrons. The number of hydrogen-bond acceptors (Lipinski definition) is 2. The number of rotatable bonds is 4. The minimum Gasteiger partial charge on any atom is -0.316 e. The van der Waals surface area contributed by atoms with Crippen molar-refractivity contribution in [3.8, 4) is 0 Å². The zero-order valence-corrected chi connectivity index (χ0v) is 10.2. The van der Waals surface area contributed by atoms with Crippen LogP contribution in [0.2, 0.25) is 0 Å². The van der Waals surface area contributed by atoms with Crippen molar-refractivity contribution in [3.63, 3.8) is 0 Å². The van der Waals surface area contributed by atoms with Crippen LogP contribution in [0.3, 0.4) is 0 Å². The van der Waals surface area contributed by atoms with Gasteiger partial charge in [0.05, 0.1) is 0 Å². The highest BCUT2D eigenvalue weighted by atomic mass is 14.9. The second kappa shape index (κ2) is 5.26. The Balaban J connectivity index is 2.49. The van der Waals surface area contributed by atoms with E-state index in [4.69, 9.17) is 0 Å². The molecule has 0 radical (unpaired) electrons. The van der Waals surface area contributed by atoms with Crippen molar-refractivity contribution in [2.24, 2.45) is 5.41 Å². The summed E-state index contributed by atoms with van der Waals surface area (Å²) in [7, 11) is 2.04. The van der Waals surface area contributed by atoms with Crippen molar-refractivity contribution in [1.29, 1.82) is 0 Å². The van der Waals surface area contributed by atoms with Gasteiger partial charge in [-0.2, -0.15) is 0 Å². The van der Waals surface area contributed by atoms with E-state index in [0.717, 1.165) is 6.42 Å². The van der Waals surface area contributed by atoms with Gasteiger partial charge in [0, 0.05) is 18.4 Å². The molecule has 15 heavy (non-hydrogen) atoms. The standard InChI is InChI=1S/C13H22N2/c1-13(2,3)12(14-4)6-5-11-7-9-15-10-8-11/h7-10,12,14H,5-6H2,1-4H3. The molecule has 0 fully saturated rings. The van der Waals surface area contributed by atoms with E-state index in [2.05, 4.69) is 43.2 Å². The Hall–Kier alpha value is -0.890. The van der Waals surface area contributed by atoms with Crippen molar-refractivity contribution in [2.45, 2.75) is 39.7 Å². The third-order valence-electron chi connectivity index (χ3n) is 2.86. The summed E-state index contributed by atoms with van der Waals surface area (Å²) in [4.78, 5) is 4.03. The fraction of sp³-hybridized carbons (Fsp3) is 0.615. The summed E-state index contributed by atoms with van der Waals surface area (Å²) in [5.74, 6) is 0. The van der Waals surface area contributed by atoms with Crippen molar-refractivity contribution < 1.29 is 0 Å². The molecule has 1 N–H and O–H groups in total. The number of hydrogen-bond donors (Lipinski definition) is 1. The Morgan fingerprint density at radius 3 is 2.33 bits per heavy atom. The lowest BCUT2D eigenvalue weighted by Crippen LogP contribution is -2.38. The Kier molecular flexibility index (Phi) is 4.28. The summed E-state index contributed by atoms with van der Waals surface area (Å²) in [5.41, 5.74) is 1.69. The zero-order chi connectivity index (χ0) is 11.3. The molecule has 0 aromatic carbocycles. The monoisotopic (exact) mass is 206 g/mol. The van der Waals surface area contributed by atoms with Crippen molar-refractivity contribution in [2.75, 3.05) is 7.05 Å². The van der Waals surface area contributed by atoms with E-state index in [9.17, 15) is 0 Å². The van der Waals surface area contributed by atoms with Crippen LogP contribution in [0.15, 0.2) is 24.5 Å². The molecule has 1 unspecified atom stereocenters. The van der Waals surface area contributed by atoms with Crippen molar-refractivity contribution >= 4 is 0 Å². The average molecular weight is 206 g/mol. The molecule has 1 heterocycles. The molecule has 0 aliphatic heterocycles. The number of nitrogens with zero attached hydrogens (tertiary/aromatic N) is 1. The second-order valence-corrected chi connectivity index (χ2v) is 5.10. The Morgan fingerprint density at radius 2 is 1.87 bits per heavy atom. The Morgan fingerprint density at radius 1 is 1.27 bits per heavy atom. The van der Waals surface area contributed by atoms with Crippen LogP contribution in [0.25, 0.3) is 0 Å². The van der Waals surface area contributed by atoms with Gasteiger partial charge in [0.2, 0.25) is 0 Å². The van der Waals surface area contributed by atoms with Gasteiger partial charge in [0.15, 0.2) is 0 Å². The normalized spacial score (nSPS) is 13.9. The predicted molar refractivity (Wildman–Crippen MR) is 64.9 cm³/mol. The maximum Gasteiger partial charge on any atom is 0.0270 e. The van der Waals surface area contributed by atoms with Gasteiger partial charge in [-0.1, -0.05) is 20.8 Å². The Labute approximate surface area is 93.1 Å². The van der Waals surface area contributed by atoms with Gasteiger partial charge in [-0.3, -0.25) is 4.98 Å². The predicted octanol–water partition coefficient (Wildman–Crippen LogP) is 2.65. The second-order valence-electron chi connectivity index (χ2n) is 5.10. The molecule has 0 saturated heterocycles. The summed E-state index contributed by atoms with van der Waals surface area (Å²) < 4.78 is 0. The van der Waals surface area contributed by atoms with Gasteiger partial charge in [-0.05, 0) is 43.0 Å². The van der Waals surface area contributed by atoms with Gasteiger partial charge in [-0.25, -0.2) is 0 Å². The fourth-order valence-corrected chi connectivity index (χ4v) is 1.87. The van der Waals surface area contributed by atoms with E-state index in [0.29, 0.717) is 11.5 Å². The minimum atomic E-state index is 0.321. The molecule has 0 amide bonds. The van der Waals surface area contributed by atoms with Crippen molar-refractivity contribution in [3.05, 3.63) is 30.1 Å². The molecule has 0 saturated carbocycles. The summed E-state index contributed by atoms with van der Waals surface area (Å²) >= 11 is 0. The lowest BCUT2D eigenvalue weighted by Gasteiger charge is -2.30. The first-order chi connectivity index (χ1) is 7.04. The summed E-state index contributed by atoms with van der Waals surface area (Å²) in [6, 6.07) is 4.75. The molecular formula is C13H22N2. The van der Waals surface area contributed by atoms with Crippen LogP contribution in [0.1, 0.15) is 32.8 Å². The smallest absolute Gasteiger partial charge is 0.0270 e. The first-order valence-corrected chi connectivity index (χ1v) is 5.60. The van der Waals surface area contributed by atoms with Crippen LogP contribution in [0.4, 0.5) is 0 Å². The first-order valence-electron chi connectivity index (χ1n) is 5.60. The number of pyridine rings is 1. The van der Waals surface area contributed by atoms with Crippen LogP contribution < -0.4 is 5.32 Å². The van der Waals surface area contributed by atoms with E-state index < -0.39 is 0 Å². The Bertz CT molecular complexity index is 274. The molecule has 1 aromatic rings. The summed E-state index contributed by atoms with van der Waals surface area (Å²) in [6.07, 6.45) is 6.01. The van der Waals surface area contributed by atoms with E-state index in [1.54, 1.807) is 0 Å². The SMILES string of the molecule is CNC(CCc1ccncc1)C(C)(C)C. The molecule has 0 bridgehead atoms. The van der Waals surface area contributed by atoms with Crippen LogP contribution in [0.5, 0.6) is 0 Å². The van der Waals surface area contributed by atoms with Gasteiger partial charge in [0.25, 0.3) is 0 Å². The molecule has 0 aliphatic rings. The van der Waals surface area contributed by atoms with Crippen LogP contribution >= 0.6 is 0 Å². The highest BCUT2D eigenvalue weighted by molar-refractivity contribution is 5.10. The number of nitrogens with one attached hydrogen (secondary N) is 1. The van der Waals surface area contributed by atoms with E-state index in [1.165, 1.54) is 12.0 Å². The number of aromatic nitrogens is 1. The zero-order valence-electron chi connectivity index (χ0n) is 10.2. The fourth-order valence-electron chi connectivity index (χ4n) is 1.87. The summed E-state index contributed by atoms with van der Waals surface area (Å²) in [6.45, 7) is 6.84. The summed E-state index contributed by atoms with van der Waals surface area (Å²) in [5, 5.41) is 3.40. The van der Waals surface area contributed by atoms with Gasteiger partial charge < -0.3 is 5.32 Å². The van der Waals surface area contributed by atoms with Crippen LogP contribution in [-0.2, 0) is 6.42 Å². The highest BCUT2D eigenvalue weighted by Gasteiger charge is 2.22. The molecular weight excluding hydrogens is 184 g/mol. The topological polar surface area (TPSA) is 24.9 Å². The largest absolute Gasteiger partial charge is 0.316 e. The lowest BCUT2D eigenvalue weighted by molar-refractivity contribution is 0.268. The van der Waals surface area contributed by atoms with Gasteiger partial charge in [-0.15, -0.1) is 0 Å². The third-order valence-corrected chi connectivity index (χ3v) is 2.86. The molecule has 2 heteroatoms. The number of aryl methyl sites for hydroxylation is 1. The van der Waals surface area contributed by atoms with Gasteiger partial charge in [0.1, 0.15) is 0 Å². The quantitative estimate of drug-likeness (QED) is 0.819. The average Bonchev–Trinajstić information content (AvgIpc) is 2.18. The van der Waals surface area contributed by atoms with Crippen molar-refractivity contribution in [1.82, 2.24) is 10.3 Å². The van der Waals surface area contributed by atoms with Crippen LogP contribution in [-0.4, -0.2) is 18.1 Å². The molecule has 2 nitrogen and oxygen atoms in total. The van der Waals surface area contributed by atoms with E-state index in [1.807, 2.05) is 19.4 Å². The van der Waals surface area contributed by atoms with Crippen LogP contribution in [0, 0.1) is 5.41 Å². The third kappa shape index (κ3) is 4.00. The van der Waals surface area contributed by atoms with E-state index >= 15 is 0 Å². The molecule has 1 aromatic heterocycles. The molecule has 0 aliphatic carbocycles. The maximum atomic E-state index is 4.03. The minimum absolute atomic E-state index is 0.321. The maximum absolute atomic E-state index is 4.03. The van der Waals surface area contributed by atoms with E-state index in [-0.39, 0.29) is 0 Å². The lowest BCUT2D eigenvalue weighted by atomic mass is 9.83. The molecule has 1 rings (SSSR count). The first kappa shape index (κ1) is 12.2. The molecule has 0 spiro atoms. The highest BCUT2D eigenvalue weighted by Crippen LogP contribution is 2.22.